The van der Waals surface area contributed by atoms with Gasteiger partial charge >= 0.3 is 18.0 Å². The highest BCUT2D eigenvalue weighted by molar-refractivity contribution is 5.96. The molecule has 168 valence electrons. The van der Waals surface area contributed by atoms with Crippen molar-refractivity contribution < 1.29 is 28.7 Å². The van der Waals surface area contributed by atoms with E-state index < -0.39 is 29.9 Å². The number of esters is 2. The Hall–Kier alpha value is -3.36. The second kappa shape index (κ2) is 10.1. The van der Waals surface area contributed by atoms with Gasteiger partial charge in [0.15, 0.2) is 0 Å². The Balaban J connectivity index is 1.94. The SMILES string of the molecule is CCOC(=O)C1=C(COC(=O)CNC(=O)c2ccc(C(C)(C)C)cc2)NC(=O)N[C@H]1C. The third-order valence-electron chi connectivity index (χ3n) is 4.65. The van der Waals surface area contributed by atoms with Crippen molar-refractivity contribution in [3.05, 3.63) is 46.7 Å². The van der Waals surface area contributed by atoms with Crippen LogP contribution in [0.4, 0.5) is 4.79 Å². The van der Waals surface area contributed by atoms with Gasteiger partial charge in [0.25, 0.3) is 5.91 Å². The minimum atomic E-state index is -0.712. The summed E-state index contributed by atoms with van der Waals surface area (Å²) in [7, 11) is 0. The van der Waals surface area contributed by atoms with Gasteiger partial charge in [-0.15, -0.1) is 0 Å². The maximum atomic E-state index is 12.3. The van der Waals surface area contributed by atoms with Gasteiger partial charge in [-0.1, -0.05) is 32.9 Å². The molecule has 2 rings (SSSR count). The summed E-state index contributed by atoms with van der Waals surface area (Å²) in [6.45, 7) is 8.99. The summed E-state index contributed by atoms with van der Waals surface area (Å²) in [4.78, 5) is 48.2. The molecule has 9 nitrogen and oxygen atoms in total. The van der Waals surface area contributed by atoms with Gasteiger partial charge in [0.2, 0.25) is 0 Å². The molecule has 3 N–H and O–H groups in total. The van der Waals surface area contributed by atoms with E-state index in [4.69, 9.17) is 9.47 Å². The van der Waals surface area contributed by atoms with Gasteiger partial charge in [-0.3, -0.25) is 9.59 Å². The molecule has 3 amide bonds. The molecule has 0 fully saturated rings. The quantitative estimate of drug-likeness (QED) is 0.566. The number of hydrogen-bond donors (Lipinski definition) is 3. The topological polar surface area (TPSA) is 123 Å². The number of carbonyl (C=O) groups excluding carboxylic acids is 4. The zero-order valence-corrected chi connectivity index (χ0v) is 18.5. The maximum absolute atomic E-state index is 12.3. The largest absolute Gasteiger partial charge is 0.463 e. The van der Waals surface area contributed by atoms with E-state index in [1.807, 2.05) is 12.1 Å². The molecule has 1 aromatic rings. The van der Waals surface area contributed by atoms with Crippen LogP contribution < -0.4 is 16.0 Å². The molecule has 0 unspecified atom stereocenters. The van der Waals surface area contributed by atoms with Crippen molar-refractivity contribution in [2.75, 3.05) is 19.8 Å². The zero-order valence-electron chi connectivity index (χ0n) is 18.5. The number of nitrogens with one attached hydrogen (secondary N) is 3. The van der Waals surface area contributed by atoms with Crippen LogP contribution in [-0.2, 0) is 24.5 Å². The molecule has 31 heavy (non-hydrogen) atoms. The molecular weight excluding hydrogens is 402 g/mol. The molecule has 1 atom stereocenters. The molecule has 0 aromatic heterocycles. The Labute approximate surface area is 181 Å². The van der Waals surface area contributed by atoms with Crippen LogP contribution in [0.3, 0.4) is 0 Å². The maximum Gasteiger partial charge on any atom is 0.338 e. The van der Waals surface area contributed by atoms with Crippen molar-refractivity contribution in [1.82, 2.24) is 16.0 Å². The molecule has 1 heterocycles. The summed E-state index contributed by atoms with van der Waals surface area (Å²) in [6, 6.07) is 6.03. The fraction of sp³-hybridized carbons (Fsp3) is 0.455. The van der Waals surface area contributed by atoms with Crippen LogP contribution in [-0.4, -0.2) is 49.7 Å². The normalized spacial score (nSPS) is 16.2. The van der Waals surface area contributed by atoms with E-state index in [1.165, 1.54) is 0 Å². The summed E-state index contributed by atoms with van der Waals surface area (Å²) in [5.74, 6) is -1.73. The third-order valence-corrected chi connectivity index (χ3v) is 4.65. The molecule has 0 bridgehead atoms. The monoisotopic (exact) mass is 431 g/mol. The number of carbonyl (C=O) groups is 4. The lowest BCUT2D eigenvalue weighted by molar-refractivity contribution is -0.142. The zero-order chi connectivity index (χ0) is 23.2. The number of amides is 3. The highest BCUT2D eigenvalue weighted by Crippen LogP contribution is 2.22. The summed E-state index contributed by atoms with van der Waals surface area (Å²) in [5, 5.41) is 7.51. The van der Waals surface area contributed by atoms with Crippen molar-refractivity contribution in [2.24, 2.45) is 0 Å². The molecule has 1 aliphatic heterocycles. The van der Waals surface area contributed by atoms with Gasteiger partial charge in [-0.2, -0.15) is 0 Å². The predicted octanol–water partition coefficient (Wildman–Crippen LogP) is 1.78. The van der Waals surface area contributed by atoms with Crippen LogP contribution in [0.25, 0.3) is 0 Å². The Kier molecular flexibility index (Phi) is 7.79. The van der Waals surface area contributed by atoms with Crippen LogP contribution in [0.5, 0.6) is 0 Å². The van der Waals surface area contributed by atoms with Gasteiger partial charge in [0.1, 0.15) is 13.2 Å². The van der Waals surface area contributed by atoms with Crippen molar-refractivity contribution >= 4 is 23.9 Å². The average Bonchev–Trinajstić information content (AvgIpc) is 2.69. The van der Waals surface area contributed by atoms with E-state index in [1.54, 1.807) is 26.0 Å². The number of hydrogen-bond acceptors (Lipinski definition) is 6. The first-order chi connectivity index (χ1) is 14.5. The van der Waals surface area contributed by atoms with E-state index in [-0.39, 0.29) is 36.4 Å². The van der Waals surface area contributed by atoms with Crippen molar-refractivity contribution in [3.63, 3.8) is 0 Å². The molecule has 1 aromatic carbocycles. The number of urea groups is 1. The molecule has 1 aliphatic rings. The lowest BCUT2D eigenvalue weighted by atomic mass is 9.87. The van der Waals surface area contributed by atoms with Crippen LogP contribution >= 0.6 is 0 Å². The highest BCUT2D eigenvalue weighted by atomic mass is 16.5. The van der Waals surface area contributed by atoms with Crippen LogP contribution in [0.1, 0.15) is 50.5 Å². The van der Waals surface area contributed by atoms with Crippen molar-refractivity contribution in [3.8, 4) is 0 Å². The van der Waals surface area contributed by atoms with Gasteiger partial charge in [-0.05, 0) is 37.0 Å². The van der Waals surface area contributed by atoms with Crippen LogP contribution in [0.2, 0.25) is 0 Å². The smallest absolute Gasteiger partial charge is 0.338 e. The number of rotatable bonds is 7. The van der Waals surface area contributed by atoms with E-state index in [9.17, 15) is 19.2 Å². The highest BCUT2D eigenvalue weighted by Gasteiger charge is 2.30. The van der Waals surface area contributed by atoms with E-state index in [0.29, 0.717) is 5.56 Å². The van der Waals surface area contributed by atoms with Gasteiger partial charge in [-0.25, -0.2) is 9.59 Å². The lowest BCUT2D eigenvalue weighted by Gasteiger charge is -2.26. The van der Waals surface area contributed by atoms with Gasteiger partial charge < -0.3 is 25.4 Å². The number of benzene rings is 1. The molecular formula is C22H29N3O6. The molecule has 0 saturated heterocycles. The molecule has 0 saturated carbocycles. The Morgan fingerprint density at radius 1 is 1.10 bits per heavy atom. The molecule has 0 aliphatic carbocycles. The average molecular weight is 431 g/mol. The van der Waals surface area contributed by atoms with E-state index in [0.717, 1.165) is 5.56 Å². The minimum absolute atomic E-state index is 0.0303. The van der Waals surface area contributed by atoms with Crippen molar-refractivity contribution in [1.29, 1.82) is 0 Å². The predicted molar refractivity (Wildman–Crippen MR) is 113 cm³/mol. The summed E-state index contributed by atoms with van der Waals surface area (Å²) < 4.78 is 10.1. The van der Waals surface area contributed by atoms with Crippen LogP contribution in [0.15, 0.2) is 35.5 Å². The first kappa shape index (κ1) is 23.9. The third kappa shape index (κ3) is 6.56. The van der Waals surface area contributed by atoms with E-state index in [2.05, 4.69) is 36.7 Å². The summed E-state index contributed by atoms with van der Waals surface area (Å²) in [5.41, 5.74) is 1.81. The first-order valence-electron chi connectivity index (χ1n) is 10.0. The Morgan fingerprint density at radius 2 is 1.74 bits per heavy atom. The molecule has 0 spiro atoms. The standard InChI is InChI=1S/C22H29N3O6/c1-6-30-20(28)18-13(2)24-21(29)25-16(18)12-31-17(26)11-23-19(27)14-7-9-15(10-8-14)22(3,4)5/h7-10,13H,6,11-12H2,1-5H3,(H,23,27)(H2,24,25,29)/t13-/m0/s1. The minimum Gasteiger partial charge on any atom is -0.463 e. The molecule has 9 heteroatoms. The molecule has 0 radical (unpaired) electrons. The number of ether oxygens (including phenoxy) is 2. The second-order valence-electron chi connectivity index (χ2n) is 8.10. The van der Waals surface area contributed by atoms with E-state index >= 15 is 0 Å². The Bertz CT molecular complexity index is 884. The fourth-order valence-corrected chi connectivity index (χ4v) is 2.97. The Morgan fingerprint density at radius 3 is 2.32 bits per heavy atom. The van der Waals surface area contributed by atoms with Crippen LogP contribution in [0, 0.1) is 0 Å². The first-order valence-corrected chi connectivity index (χ1v) is 10.0. The summed E-state index contributed by atoms with van der Waals surface area (Å²) in [6.07, 6.45) is 0. The fourth-order valence-electron chi connectivity index (χ4n) is 2.97. The van der Waals surface area contributed by atoms with Crippen molar-refractivity contribution in [2.45, 2.75) is 46.1 Å². The van der Waals surface area contributed by atoms with Gasteiger partial charge in [0.05, 0.1) is 23.9 Å². The lowest BCUT2D eigenvalue weighted by Crippen LogP contribution is -2.50. The summed E-state index contributed by atoms with van der Waals surface area (Å²) >= 11 is 0. The van der Waals surface area contributed by atoms with Gasteiger partial charge in [0, 0.05) is 5.56 Å². The second-order valence-corrected chi connectivity index (χ2v) is 8.10.